The molecule has 4 nitrogen and oxygen atoms in total. The Balaban J connectivity index is 2.11. The summed E-state index contributed by atoms with van der Waals surface area (Å²) in [6.07, 6.45) is 0.268. The summed E-state index contributed by atoms with van der Waals surface area (Å²) in [7, 11) is 0. The lowest BCUT2D eigenvalue weighted by Gasteiger charge is -2.37. The summed E-state index contributed by atoms with van der Waals surface area (Å²) in [5, 5.41) is 2.89. The van der Waals surface area contributed by atoms with Gasteiger partial charge in [0.15, 0.2) is 0 Å². The molecule has 1 amide bonds. The zero-order valence-corrected chi connectivity index (χ0v) is 11.8. The van der Waals surface area contributed by atoms with Crippen molar-refractivity contribution < 1.29 is 9.53 Å². The van der Waals surface area contributed by atoms with Crippen LogP contribution >= 0.6 is 0 Å². The standard InChI is InChI=1S/C15H22N2O2/c1-11-10-19-12(2)8-17(11)9-14-6-4-5-7-15(14)16-13(3)18/h4-7,11-12H,8-10H2,1-3H3,(H,16,18)/t11-,12+/m1/s1. The molecule has 1 aromatic carbocycles. The molecule has 4 heteroatoms. The first-order valence-corrected chi connectivity index (χ1v) is 6.77. The molecule has 0 aromatic heterocycles. The highest BCUT2D eigenvalue weighted by Gasteiger charge is 2.23. The third-order valence-electron chi connectivity index (χ3n) is 3.44. The Kier molecular flexibility index (Phi) is 4.56. The summed E-state index contributed by atoms with van der Waals surface area (Å²) in [4.78, 5) is 13.6. The molecule has 1 aliphatic rings. The predicted octanol–water partition coefficient (Wildman–Crippen LogP) is 2.25. The van der Waals surface area contributed by atoms with E-state index >= 15 is 0 Å². The molecule has 2 rings (SSSR count). The van der Waals surface area contributed by atoms with E-state index < -0.39 is 0 Å². The first-order valence-electron chi connectivity index (χ1n) is 6.77. The number of amides is 1. The molecule has 0 saturated carbocycles. The van der Waals surface area contributed by atoms with Crippen LogP contribution in [0.15, 0.2) is 24.3 Å². The molecule has 1 fully saturated rings. The molecular formula is C15H22N2O2. The maximum atomic E-state index is 11.2. The SMILES string of the molecule is CC(=O)Nc1ccccc1CN1C[C@H](C)OC[C@H]1C. The lowest BCUT2D eigenvalue weighted by atomic mass is 10.1. The number of nitrogens with zero attached hydrogens (tertiary/aromatic N) is 1. The summed E-state index contributed by atoms with van der Waals surface area (Å²) in [5.74, 6) is -0.0316. The number of hydrogen-bond donors (Lipinski definition) is 1. The Morgan fingerprint density at radius 2 is 2.16 bits per heavy atom. The van der Waals surface area contributed by atoms with Crippen molar-refractivity contribution in [2.75, 3.05) is 18.5 Å². The minimum Gasteiger partial charge on any atom is -0.376 e. The van der Waals surface area contributed by atoms with Gasteiger partial charge in [-0.2, -0.15) is 0 Å². The molecule has 2 atom stereocenters. The highest BCUT2D eigenvalue weighted by molar-refractivity contribution is 5.89. The van der Waals surface area contributed by atoms with E-state index in [4.69, 9.17) is 4.74 Å². The number of rotatable bonds is 3. The van der Waals surface area contributed by atoms with Gasteiger partial charge in [0.2, 0.25) is 5.91 Å². The van der Waals surface area contributed by atoms with Gasteiger partial charge in [-0.3, -0.25) is 9.69 Å². The van der Waals surface area contributed by atoms with Gasteiger partial charge in [0.1, 0.15) is 0 Å². The molecule has 1 N–H and O–H groups in total. The molecule has 0 spiro atoms. The van der Waals surface area contributed by atoms with Crippen LogP contribution in [0.4, 0.5) is 5.69 Å². The molecule has 104 valence electrons. The molecule has 1 saturated heterocycles. The summed E-state index contributed by atoms with van der Waals surface area (Å²) < 4.78 is 5.64. The van der Waals surface area contributed by atoms with Crippen LogP contribution in [0.1, 0.15) is 26.3 Å². The number of carbonyl (C=O) groups excluding carboxylic acids is 1. The van der Waals surface area contributed by atoms with Crippen molar-refractivity contribution in [3.63, 3.8) is 0 Å². The average molecular weight is 262 g/mol. The minimum atomic E-state index is -0.0316. The van der Waals surface area contributed by atoms with Crippen LogP contribution in [0.3, 0.4) is 0 Å². The molecule has 0 unspecified atom stereocenters. The third-order valence-corrected chi connectivity index (χ3v) is 3.44. The van der Waals surface area contributed by atoms with Crippen LogP contribution in [-0.4, -0.2) is 36.1 Å². The van der Waals surface area contributed by atoms with Gasteiger partial charge in [0.25, 0.3) is 0 Å². The lowest BCUT2D eigenvalue weighted by molar-refractivity contribution is -0.114. The quantitative estimate of drug-likeness (QED) is 0.908. The van der Waals surface area contributed by atoms with E-state index in [1.807, 2.05) is 18.2 Å². The van der Waals surface area contributed by atoms with Crippen LogP contribution in [0.5, 0.6) is 0 Å². The second-order valence-electron chi connectivity index (χ2n) is 5.26. The Hall–Kier alpha value is -1.39. The number of para-hydroxylation sites is 1. The Morgan fingerprint density at radius 3 is 2.89 bits per heavy atom. The van der Waals surface area contributed by atoms with Gasteiger partial charge in [-0.05, 0) is 25.5 Å². The van der Waals surface area contributed by atoms with Gasteiger partial charge >= 0.3 is 0 Å². The number of morpholine rings is 1. The van der Waals surface area contributed by atoms with Gasteiger partial charge in [-0.25, -0.2) is 0 Å². The fourth-order valence-corrected chi connectivity index (χ4v) is 2.38. The van der Waals surface area contributed by atoms with E-state index in [1.54, 1.807) is 0 Å². The number of ether oxygens (including phenoxy) is 1. The number of benzene rings is 1. The number of hydrogen-bond acceptors (Lipinski definition) is 3. The largest absolute Gasteiger partial charge is 0.376 e. The van der Waals surface area contributed by atoms with E-state index in [1.165, 1.54) is 6.92 Å². The van der Waals surface area contributed by atoms with Crippen LogP contribution in [0.25, 0.3) is 0 Å². The normalized spacial score (nSPS) is 24.2. The minimum absolute atomic E-state index is 0.0316. The average Bonchev–Trinajstić information content (AvgIpc) is 2.35. The van der Waals surface area contributed by atoms with Crippen molar-refractivity contribution >= 4 is 11.6 Å². The molecule has 0 radical (unpaired) electrons. The van der Waals surface area contributed by atoms with E-state index in [2.05, 4.69) is 30.1 Å². The molecule has 1 heterocycles. The van der Waals surface area contributed by atoms with Gasteiger partial charge in [-0.1, -0.05) is 18.2 Å². The Labute approximate surface area is 114 Å². The summed E-state index contributed by atoms with van der Waals surface area (Å²) in [6, 6.07) is 8.38. The summed E-state index contributed by atoms with van der Waals surface area (Å²) >= 11 is 0. The van der Waals surface area contributed by atoms with E-state index in [0.717, 1.165) is 30.9 Å². The van der Waals surface area contributed by atoms with Gasteiger partial charge in [0, 0.05) is 31.7 Å². The van der Waals surface area contributed by atoms with Crippen LogP contribution in [0, 0.1) is 0 Å². The van der Waals surface area contributed by atoms with Crippen molar-refractivity contribution in [3.05, 3.63) is 29.8 Å². The van der Waals surface area contributed by atoms with Crippen LogP contribution in [-0.2, 0) is 16.1 Å². The summed E-state index contributed by atoms with van der Waals surface area (Å²) in [5.41, 5.74) is 2.06. The zero-order chi connectivity index (χ0) is 13.8. The van der Waals surface area contributed by atoms with E-state index in [-0.39, 0.29) is 12.0 Å². The van der Waals surface area contributed by atoms with Crippen LogP contribution < -0.4 is 5.32 Å². The highest BCUT2D eigenvalue weighted by Crippen LogP contribution is 2.21. The molecule has 1 aliphatic heterocycles. The topological polar surface area (TPSA) is 41.6 Å². The first kappa shape index (κ1) is 14.0. The van der Waals surface area contributed by atoms with Gasteiger partial charge < -0.3 is 10.1 Å². The molecule has 0 bridgehead atoms. The van der Waals surface area contributed by atoms with Crippen molar-refractivity contribution in [2.45, 2.75) is 39.5 Å². The smallest absolute Gasteiger partial charge is 0.221 e. The molecule has 0 aliphatic carbocycles. The monoisotopic (exact) mass is 262 g/mol. The Morgan fingerprint density at radius 1 is 1.42 bits per heavy atom. The lowest BCUT2D eigenvalue weighted by Crippen LogP contribution is -2.46. The molecule has 19 heavy (non-hydrogen) atoms. The van der Waals surface area contributed by atoms with Crippen molar-refractivity contribution in [1.29, 1.82) is 0 Å². The maximum Gasteiger partial charge on any atom is 0.221 e. The van der Waals surface area contributed by atoms with E-state index in [9.17, 15) is 4.79 Å². The second kappa shape index (κ2) is 6.17. The summed E-state index contributed by atoms with van der Waals surface area (Å²) in [6.45, 7) is 8.34. The fraction of sp³-hybridized carbons (Fsp3) is 0.533. The number of carbonyl (C=O) groups is 1. The Bertz CT molecular complexity index is 448. The first-order chi connectivity index (χ1) is 9.06. The second-order valence-corrected chi connectivity index (χ2v) is 5.26. The zero-order valence-electron chi connectivity index (χ0n) is 11.8. The predicted molar refractivity (Wildman–Crippen MR) is 76.0 cm³/mol. The number of nitrogens with one attached hydrogen (secondary N) is 1. The fourth-order valence-electron chi connectivity index (χ4n) is 2.38. The van der Waals surface area contributed by atoms with Crippen molar-refractivity contribution in [1.82, 2.24) is 4.90 Å². The molecular weight excluding hydrogens is 240 g/mol. The maximum absolute atomic E-state index is 11.2. The molecule has 1 aromatic rings. The number of anilines is 1. The highest BCUT2D eigenvalue weighted by atomic mass is 16.5. The van der Waals surface area contributed by atoms with Gasteiger partial charge in [-0.15, -0.1) is 0 Å². The van der Waals surface area contributed by atoms with E-state index in [0.29, 0.717) is 6.04 Å². The van der Waals surface area contributed by atoms with Crippen molar-refractivity contribution in [2.24, 2.45) is 0 Å². The van der Waals surface area contributed by atoms with Crippen LogP contribution in [0.2, 0.25) is 0 Å². The van der Waals surface area contributed by atoms with Gasteiger partial charge in [0.05, 0.1) is 12.7 Å². The third kappa shape index (κ3) is 3.78. The van der Waals surface area contributed by atoms with Crippen molar-refractivity contribution in [3.8, 4) is 0 Å².